The summed E-state index contributed by atoms with van der Waals surface area (Å²) < 4.78 is 7.33. The lowest BCUT2D eigenvalue weighted by Crippen LogP contribution is -2.36. The minimum absolute atomic E-state index is 0.172. The highest BCUT2D eigenvalue weighted by Gasteiger charge is 2.29. The van der Waals surface area contributed by atoms with Crippen LogP contribution in [0.1, 0.15) is 54.4 Å². The molecule has 0 unspecified atom stereocenters. The lowest BCUT2D eigenvalue weighted by Gasteiger charge is -2.30. The van der Waals surface area contributed by atoms with E-state index < -0.39 is 0 Å². The summed E-state index contributed by atoms with van der Waals surface area (Å²) in [4.78, 5) is 15.1. The lowest BCUT2D eigenvalue weighted by atomic mass is 10.0. The Morgan fingerprint density at radius 1 is 1.35 bits per heavy atom. The van der Waals surface area contributed by atoms with Gasteiger partial charge in [0.25, 0.3) is 0 Å². The molecule has 2 aromatic heterocycles. The fraction of sp³-hybridized carbons (Fsp3) is 0.556. The first-order chi connectivity index (χ1) is 11.1. The molecular weight excluding hydrogens is 290 g/mol. The second kappa shape index (κ2) is 6.60. The molecule has 0 aliphatic carbocycles. The van der Waals surface area contributed by atoms with Gasteiger partial charge < -0.3 is 14.0 Å². The zero-order chi connectivity index (χ0) is 16.4. The number of aromatic nitrogens is 2. The molecule has 1 atom stereocenters. The van der Waals surface area contributed by atoms with Crippen LogP contribution in [0.3, 0.4) is 0 Å². The van der Waals surface area contributed by atoms with Crippen molar-refractivity contribution in [2.45, 2.75) is 52.0 Å². The standard InChI is InChI=1S/C18H25N3O2/c1-13-15(14(2)23-19-13)12-18(22)21-11-6-4-5-8-17(21)16-9-7-10-20(16)3/h7,9-10,17H,4-6,8,11-12H2,1-3H3/t17-/m1/s1. The highest BCUT2D eigenvalue weighted by atomic mass is 16.5. The predicted octanol–water partition coefficient (Wildman–Crippen LogP) is 3.32. The zero-order valence-corrected chi connectivity index (χ0v) is 14.2. The number of aryl methyl sites for hydroxylation is 3. The van der Waals surface area contributed by atoms with Crippen molar-refractivity contribution < 1.29 is 9.32 Å². The average molecular weight is 315 g/mol. The SMILES string of the molecule is Cc1noc(C)c1CC(=O)N1CCCCC[C@@H]1c1cccn1C. The Morgan fingerprint density at radius 3 is 2.83 bits per heavy atom. The van der Waals surface area contributed by atoms with Crippen molar-refractivity contribution in [2.24, 2.45) is 7.05 Å². The molecule has 0 saturated carbocycles. The van der Waals surface area contributed by atoms with Crippen LogP contribution in [0.5, 0.6) is 0 Å². The van der Waals surface area contributed by atoms with Crippen LogP contribution in [0.2, 0.25) is 0 Å². The van der Waals surface area contributed by atoms with E-state index in [2.05, 4.69) is 40.0 Å². The first-order valence-corrected chi connectivity index (χ1v) is 8.40. The quantitative estimate of drug-likeness (QED) is 0.873. The van der Waals surface area contributed by atoms with Crippen LogP contribution in [0.4, 0.5) is 0 Å². The van der Waals surface area contributed by atoms with Crippen LogP contribution in [-0.2, 0) is 18.3 Å². The zero-order valence-electron chi connectivity index (χ0n) is 14.2. The lowest BCUT2D eigenvalue weighted by molar-refractivity contribution is -0.133. The van der Waals surface area contributed by atoms with Gasteiger partial charge in [0.05, 0.1) is 18.2 Å². The summed E-state index contributed by atoms with van der Waals surface area (Å²) in [6.45, 7) is 4.61. The van der Waals surface area contributed by atoms with Gasteiger partial charge in [0.2, 0.25) is 5.91 Å². The molecule has 5 nitrogen and oxygen atoms in total. The van der Waals surface area contributed by atoms with E-state index >= 15 is 0 Å². The van der Waals surface area contributed by atoms with Gasteiger partial charge in [-0.15, -0.1) is 0 Å². The minimum atomic E-state index is 0.172. The van der Waals surface area contributed by atoms with Gasteiger partial charge in [-0.25, -0.2) is 0 Å². The van der Waals surface area contributed by atoms with Crippen LogP contribution in [-0.4, -0.2) is 27.1 Å². The minimum Gasteiger partial charge on any atom is -0.361 e. The first kappa shape index (κ1) is 15.8. The molecule has 1 amide bonds. The molecule has 1 aliphatic heterocycles. The van der Waals surface area contributed by atoms with Crippen molar-refractivity contribution in [1.29, 1.82) is 0 Å². The summed E-state index contributed by atoms with van der Waals surface area (Å²) in [6, 6.07) is 4.36. The molecule has 5 heteroatoms. The molecule has 1 fully saturated rings. The number of hydrogen-bond donors (Lipinski definition) is 0. The van der Waals surface area contributed by atoms with Gasteiger partial charge in [-0.05, 0) is 38.8 Å². The van der Waals surface area contributed by atoms with E-state index in [9.17, 15) is 4.79 Å². The summed E-state index contributed by atoms with van der Waals surface area (Å²) in [6.07, 6.45) is 6.90. The Balaban J connectivity index is 1.85. The van der Waals surface area contributed by atoms with E-state index in [1.807, 2.05) is 13.8 Å². The van der Waals surface area contributed by atoms with Gasteiger partial charge in [-0.1, -0.05) is 18.0 Å². The maximum absolute atomic E-state index is 13.0. The Kier molecular flexibility index (Phi) is 4.55. The van der Waals surface area contributed by atoms with Gasteiger partial charge in [-0.2, -0.15) is 0 Å². The normalized spacial score (nSPS) is 18.9. The molecule has 0 radical (unpaired) electrons. The number of carbonyl (C=O) groups excluding carboxylic acids is 1. The predicted molar refractivity (Wildman–Crippen MR) is 88.0 cm³/mol. The second-order valence-electron chi connectivity index (χ2n) is 6.48. The average Bonchev–Trinajstić information content (AvgIpc) is 2.98. The molecule has 1 saturated heterocycles. The van der Waals surface area contributed by atoms with Crippen molar-refractivity contribution in [3.05, 3.63) is 41.0 Å². The highest BCUT2D eigenvalue weighted by molar-refractivity contribution is 5.79. The summed E-state index contributed by atoms with van der Waals surface area (Å²) in [5, 5.41) is 3.97. The van der Waals surface area contributed by atoms with Crippen LogP contribution >= 0.6 is 0 Å². The van der Waals surface area contributed by atoms with Gasteiger partial charge in [0, 0.05) is 31.0 Å². The van der Waals surface area contributed by atoms with E-state index in [4.69, 9.17) is 4.52 Å². The van der Waals surface area contributed by atoms with Gasteiger partial charge >= 0.3 is 0 Å². The molecule has 1 aliphatic rings. The maximum Gasteiger partial charge on any atom is 0.227 e. The third-order valence-electron chi connectivity index (χ3n) is 4.91. The first-order valence-electron chi connectivity index (χ1n) is 8.40. The highest BCUT2D eigenvalue weighted by Crippen LogP contribution is 2.31. The smallest absolute Gasteiger partial charge is 0.227 e. The molecule has 0 aromatic carbocycles. The van der Waals surface area contributed by atoms with Gasteiger partial charge in [-0.3, -0.25) is 4.79 Å². The fourth-order valence-corrected chi connectivity index (χ4v) is 3.54. The number of carbonyl (C=O) groups is 1. The van der Waals surface area contributed by atoms with E-state index in [0.717, 1.165) is 36.4 Å². The number of nitrogens with zero attached hydrogens (tertiary/aromatic N) is 3. The Morgan fingerprint density at radius 2 is 2.17 bits per heavy atom. The van der Waals surface area contributed by atoms with E-state index in [1.54, 1.807) is 0 Å². The summed E-state index contributed by atoms with van der Waals surface area (Å²) >= 11 is 0. The van der Waals surface area contributed by atoms with Crippen molar-refractivity contribution >= 4 is 5.91 Å². The van der Waals surface area contributed by atoms with E-state index in [-0.39, 0.29) is 11.9 Å². The summed E-state index contributed by atoms with van der Waals surface area (Å²) in [5.41, 5.74) is 2.98. The molecule has 3 rings (SSSR count). The summed E-state index contributed by atoms with van der Waals surface area (Å²) in [5.74, 6) is 0.925. The molecular formula is C18H25N3O2. The molecule has 0 N–H and O–H groups in total. The molecule has 0 bridgehead atoms. The fourth-order valence-electron chi connectivity index (χ4n) is 3.54. The van der Waals surface area contributed by atoms with Crippen molar-refractivity contribution in [3.63, 3.8) is 0 Å². The molecule has 0 spiro atoms. The second-order valence-corrected chi connectivity index (χ2v) is 6.48. The van der Waals surface area contributed by atoms with Crippen LogP contribution in [0, 0.1) is 13.8 Å². The third kappa shape index (κ3) is 3.19. The van der Waals surface area contributed by atoms with Gasteiger partial charge in [0.15, 0.2) is 0 Å². The maximum atomic E-state index is 13.0. The van der Waals surface area contributed by atoms with Crippen LogP contribution in [0.25, 0.3) is 0 Å². The van der Waals surface area contributed by atoms with E-state index in [1.165, 1.54) is 18.5 Å². The Hall–Kier alpha value is -2.04. The molecule has 124 valence electrons. The molecule has 3 heterocycles. The van der Waals surface area contributed by atoms with Crippen molar-refractivity contribution in [3.8, 4) is 0 Å². The number of likely N-dealkylation sites (tertiary alicyclic amines) is 1. The van der Waals surface area contributed by atoms with Crippen molar-refractivity contribution in [1.82, 2.24) is 14.6 Å². The van der Waals surface area contributed by atoms with Crippen molar-refractivity contribution in [2.75, 3.05) is 6.54 Å². The summed E-state index contributed by atoms with van der Waals surface area (Å²) in [7, 11) is 2.05. The van der Waals surface area contributed by atoms with Crippen LogP contribution in [0.15, 0.2) is 22.9 Å². The Bertz CT molecular complexity index is 667. The van der Waals surface area contributed by atoms with Gasteiger partial charge in [0.1, 0.15) is 5.76 Å². The Labute approximate surface area is 137 Å². The number of hydrogen-bond acceptors (Lipinski definition) is 3. The number of rotatable bonds is 3. The number of amides is 1. The molecule has 23 heavy (non-hydrogen) atoms. The third-order valence-corrected chi connectivity index (χ3v) is 4.91. The monoisotopic (exact) mass is 315 g/mol. The van der Waals surface area contributed by atoms with E-state index in [0.29, 0.717) is 6.42 Å². The molecule has 2 aromatic rings. The van der Waals surface area contributed by atoms with Crippen LogP contribution < -0.4 is 0 Å². The largest absolute Gasteiger partial charge is 0.361 e. The topological polar surface area (TPSA) is 51.3 Å².